The Morgan fingerprint density at radius 1 is 0.938 bits per heavy atom. The number of carbonyl (C=O) groups excluding carboxylic acids is 2. The molecule has 0 saturated heterocycles. The molecule has 0 saturated carbocycles. The number of thiocarbonyl (C=S) groups is 1. The predicted octanol–water partition coefficient (Wildman–Crippen LogP) is 5.01. The van der Waals surface area contributed by atoms with Gasteiger partial charge in [-0.1, -0.05) is 35.9 Å². The fraction of sp³-hybridized carbons (Fsp3) is 0.0870. The second kappa shape index (κ2) is 10.7. The first-order valence-electron chi connectivity index (χ1n) is 9.52. The highest BCUT2D eigenvalue weighted by Gasteiger charge is 2.16. The van der Waals surface area contributed by atoms with Crippen molar-refractivity contribution in [2.75, 3.05) is 10.6 Å². The Kier molecular flexibility index (Phi) is 7.75. The molecule has 0 aliphatic carbocycles. The topological polar surface area (TPSA) is 79.5 Å². The summed E-state index contributed by atoms with van der Waals surface area (Å²) >= 11 is 11.1. The van der Waals surface area contributed by atoms with Crippen LogP contribution in [-0.4, -0.2) is 23.0 Å². The molecule has 0 fully saturated rings. The summed E-state index contributed by atoms with van der Waals surface area (Å²) in [6.45, 7) is 1.62. The summed E-state index contributed by atoms with van der Waals surface area (Å²) in [4.78, 5) is 24.5. The van der Waals surface area contributed by atoms with Crippen LogP contribution in [0.1, 0.15) is 17.3 Å². The van der Waals surface area contributed by atoms with Crippen LogP contribution in [0.4, 0.5) is 15.8 Å². The Hall–Kier alpha value is -3.49. The number of rotatable bonds is 6. The van der Waals surface area contributed by atoms with Crippen LogP contribution in [-0.2, 0) is 4.79 Å². The van der Waals surface area contributed by atoms with Crippen LogP contribution in [0.15, 0.2) is 72.8 Å². The van der Waals surface area contributed by atoms with E-state index in [9.17, 15) is 14.0 Å². The van der Waals surface area contributed by atoms with Crippen LogP contribution in [0.5, 0.6) is 5.75 Å². The van der Waals surface area contributed by atoms with E-state index in [0.29, 0.717) is 22.1 Å². The van der Waals surface area contributed by atoms with Crippen LogP contribution in [0.25, 0.3) is 0 Å². The van der Waals surface area contributed by atoms with Crippen LogP contribution in [0.2, 0.25) is 5.02 Å². The van der Waals surface area contributed by atoms with Crippen molar-refractivity contribution >= 4 is 52.1 Å². The van der Waals surface area contributed by atoms with Crippen LogP contribution < -0.4 is 20.7 Å². The summed E-state index contributed by atoms with van der Waals surface area (Å²) in [7, 11) is 0. The molecule has 0 radical (unpaired) electrons. The summed E-state index contributed by atoms with van der Waals surface area (Å²) < 4.78 is 19.3. The largest absolute Gasteiger partial charge is 0.479 e. The second-order valence-corrected chi connectivity index (χ2v) is 7.46. The maximum atomic E-state index is 13.7. The van der Waals surface area contributed by atoms with Crippen molar-refractivity contribution in [1.82, 2.24) is 5.32 Å². The van der Waals surface area contributed by atoms with E-state index in [0.717, 1.165) is 0 Å². The predicted molar refractivity (Wildman–Crippen MR) is 127 cm³/mol. The fourth-order valence-electron chi connectivity index (χ4n) is 2.64. The minimum absolute atomic E-state index is 0.0109. The summed E-state index contributed by atoms with van der Waals surface area (Å²) in [5.74, 6) is -1.22. The van der Waals surface area contributed by atoms with Gasteiger partial charge in [0.1, 0.15) is 11.6 Å². The molecule has 0 heterocycles. The molecule has 0 bridgehead atoms. The lowest BCUT2D eigenvalue weighted by Crippen LogP contribution is -2.34. The van der Waals surface area contributed by atoms with Gasteiger partial charge in [0.25, 0.3) is 11.8 Å². The molecule has 1 unspecified atom stereocenters. The molecule has 0 aliphatic rings. The number of benzene rings is 3. The number of anilines is 2. The van der Waals surface area contributed by atoms with Crippen LogP contribution >= 0.6 is 23.8 Å². The van der Waals surface area contributed by atoms with Crippen LogP contribution in [0.3, 0.4) is 0 Å². The van der Waals surface area contributed by atoms with E-state index >= 15 is 0 Å². The van der Waals surface area contributed by atoms with Gasteiger partial charge in [-0.25, -0.2) is 4.39 Å². The van der Waals surface area contributed by atoms with Crippen molar-refractivity contribution in [3.63, 3.8) is 0 Å². The maximum Gasteiger partial charge on any atom is 0.265 e. The zero-order valence-electron chi connectivity index (χ0n) is 16.9. The first-order valence-corrected chi connectivity index (χ1v) is 10.3. The highest BCUT2D eigenvalue weighted by molar-refractivity contribution is 7.80. The molecule has 9 heteroatoms. The van der Waals surface area contributed by atoms with E-state index in [2.05, 4.69) is 16.0 Å². The van der Waals surface area contributed by atoms with Crippen LogP contribution in [0, 0.1) is 5.82 Å². The van der Waals surface area contributed by atoms with Crippen molar-refractivity contribution < 1.29 is 18.7 Å². The normalized spacial score (nSPS) is 11.2. The van der Waals surface area contributed by atoms with E-state index in [4.69, 9.17) is 28.6 Å². The lowest BCUT2D eigenvalue weighted by molar-refractivity contribution is -0.122. The Labute approximate surface area is 194 Å². The molecular formula is C23H19ClFN3O3S. The molecule has 1 atom stereocenters. The lowest BCUT2D eigenvalue weighted by Gasteiger charge is -2.16. The lowest BCUT2D eigenvalue weighted by atomic mass is 10.2. The third-order valence-corrected chi connectivity index (χ3v) is 4.78. The number of amides is 2. The molecular weight excluding hydrogens is 453 g/mol. The van der Waals surface area contributed by atoms with Gasteiger partial charge in [-0.3, -0.25) is 14.9 Å². The number of nitrogens with one attached hydrogen (secondary N) is 3. The highest BCUT2D eigenvalue weighted by atomic mass is 35.5. The van der Waals surface area contributed by atoms with Gasteiger partial charge in [-0.05, 0) is 67.7 Å². The van der Waals surface area contributed by atoms with Crippen molar-refractivity contribution in [3.8, 4) is 5.75 Å². The second-order valence-electron chi connectivity index (χ2n) is 6.65. The van der Waals surface area contributed by atoms with Crippen molar-refractivity contribution in [2.24, 2.45) is 0 Å². The molecule has 3 rings (SSSR count). The van der Waals surface area contributed by atoms with E-state index in [1.807, 2.05) is 0 Å². The van der Waals surface area contributed by atoms with Gasteiger partial charge in [0.05, 0.1) is 10.6 Å². The monoisotopic (exact) mass is 471 g/mol. The Bertz CT molecular complexity index is 1140. The Balaban J connectivity index is 1.52. The molecule has 3 N–H and O–H groups in total. The molecule has 32 heavy (non-hydrogen) atoms. The fourth-order valence-corrected chi connectivity index (χ4v) is 3.03. The Morgan fingerprint density at radius 3 is 2.19 bits per heavy atom. The number of hydrogen-bond donors (Lipinski definition) is 3. The third kappa shape index (κ3) is 6.26. The average Bonchev–Trinajstić information content (AvgIpc) is 2.76. The summed E-state index contributed by atoms with van der Waals surface area (Å²) in [6, 6.07) is 19.1. The number of carbonyl (C=O) groups is 2. The summed E-state index contributed by atoms with van der Waals surface area (Å²) in [5.41, 5.74) is 1.00. The molecule has 164 valence electrons. The molecule has 6 nitrogen and oxygen atoms in total. The van der Waals surface area contributed by atoms with E-state index in [1.54, 1.807) is 61.5 Å². The van der Waals surface area contributed by atoms with Gasteiger partial charge in [-0.15, -0.1) is 0 Å². The maximum absolute atomic E-state index is 13.7. The third-order valence-electron chi connectivity index (χ3n) is 4.27. The van der Waals surface area contributed by atoms with Gasteiger partial charge < -0.3 is 15.4 Å². The van der Waals surface area contributed by atoms with Gasteiger partial charge in [0.2, 0.25) is 0 Å². The first kappa shape index (κ1) is 23.2. The highest BCUT2D eigenvalue weighted by Crippen LogP contribution is 2.24. The molecule has 3 aromatic rings. The molecule has 0 aromatic heterocycles. The number of hydrogen-bond acceptors (Lipinski definition) is 4. The van der Waals surface area contributed by atoms with Gasteiger partial charge in [0, 0.05) is 11.4 Å². The van der Waals surface area contributed by atoms with E-state index in [1.165, 1.54) is 18.2 Å². The van der Waals surface area contributed by atoms with Crippen molar-refractivity contribution in [3.05, 3.63) is 89.2 Å². The minimum atomic E-state index is -0.770. The van der Waals surface area contributed by atoms with Crippen molar-refractivity contribution in [2.45, 2.75) is 13.0 Å². The summed E-state index contributed by atoms with van der Waals surface area (Å²) in [5, 5.41) is 8.42. The van der Waals surface area contributed by atoms with E-state index in [-0.39, 0.29) is 16.6 Å². The van der Waals surface area contributed by atoms with Crippen molar-refractivity contribution in [1.29, 1.82) is 0 Å². The standard InChI is InChI=1S/C23H19ClFN3O3S/c1-14(31-20-9-5-3-7-18(20)24)21(29)26-15-10-12-16(13-11-15)27-23(32)28-22(30)17-6-2-4-8-19(17)25/h2-14H,1H3,(H,26,29)(H2,27,28,30,32). The molecule has 0 aliphatic heterocycles. The number of para-hydroxylation sites is 1. The summed E-state index contributed by atoms with van der Waals surface area (Å²) in [6.07, 6.45) is -0.770. The smallest absolute Gasteiger partial charge is 0.265 e. The average molecular weight is 472 g/mol. The van der Waals surface area contributed by atoms with E-state index < -0.39 is 17.8 Å². The quantitative estimate of drug-likeness (QED) is 0.440. The zero-order chi connectivity index (χ0) is 23.1. The van der Waals surface area contributed by atoms with Gasteiger partial charge in [-0.2, -0.15) is 0 Å². The van der Waals surface area contributed by atoms with Gasteiger partial charge >= 0.3 is 0 Å². The number of ether oxygens (including phenoxy) is 1. The van der Waals surface area contributed by atoms with Gasteiger partial charge in [0.15, 0.2) is 11.2 Å². The minimum Gasteiger partial charge on any atom is -0.479 e. The number of halogens is 2. The zero-order valence-corrected chi connectivity index (χ0v) is 18.5. The molecule has 0 spiro atoms. The molecule has 2 amide bonds. The first-order chi connectivity index (χ1) is 15.3. The Morgan fingerprint density at radius 2 is 1.53 bits per heavy atom. The molecule has 3 aromatic carbocycles. The SMILES string of the molecule is CC(Oc1ccccc1Cl)C(=O)Nc1ccc(NC(=S)NC(=O)c2ccccc2F)cc1.